The van der Waals surface area contributed by atoms with Crippen molar-refractivity contribution in [2.24, 2.45) is 0 Å². The maximum Gasteiger partial charge on any atom is 0.285 e. The molecule has 0 atom stereocenters. The van der Waals surface area contributed by atoms with Gasteiger partial charge in [0.2, 0.25) is 0 Å². The van der Waals surface area contributed by atoms with E-state index in [0.29, 0.717) is 0 Å². The molecule has 18 heavy (non-hydrogen) atoms. The zero-order valence-electron chi connectivity index (χ0n) is 9.91. The van der Waals surface area contributed by atoms with E-state index in [1.165, 1.54) is 17.2 Å². The smallest absolute Gasteiger partial charge is 0.285 e. The third-order valence-electron chi connectivity index (χ3n) is 2.10. The molecule has 8 heteroatoms. The lowest BCUT2D eigenvalue weighted by molar-refractivity contribution is -0.394. The molecule has 1 aromatic carbocycles. The van der Waals surface area contributed by atoms with Gasteiger partial charge in [-0.15, -0.1) is 0 Å². The molecule has 0 aliphatic carbocycles. The van der Waals surface area contributed by atoms with Crippen LogP contribution in [0.15, 0.2) is 18.7 Å². The van der Waals surface area contributed by atoms with E-state index in [9.17, 15) is 20.2 Å². The van der Waals surface area contributed by atoms with Gasteiger partial charge in [-0.3, -0.25) is 20.2 Å². The molecule has 0 amide bonds. The molecule has 0 saturated heterocycles. The minimum atomic E-state index is -0.680. The number of hydrazine groups is 1. The van der Waals surface area contributed by atoms with Gasteiger partial charge in [-0.05, 0) is 0 Å². The van der Waals surface area contributed by atoms with E-state index in [1.54, 1.807) is 14.1 Å². The number of benzene rings is 1. The zero-order valence-corrected chi connectivity index (χ0v) is 9.91. The third-order valence-corrected chi connectivity index (χ3v) is 2.10. The Morgan fingerprint density at radius 3 is 2.28 bits per heavy atom. The summed E-state index contributed by atoms with van der Waals surface area (Å²) in [4.78, 5) is 20.3. The van der Waals surface area contributed by atoms with Gasteiger partial charge in [0.15, 0.2) is 0 Å². The number of nitro groups is 2. The lowest BCUT2D eigenvalue weighted by atomic mass is 10.1. The van der Waals surface area contributed by atoms with E-state index in [2.05, 4.69) is 12.0 Å². The molecule has 0 aliphatic rings. The summed E-state index contributed by atoms with van der Waals surface area (Å²) in [6, 6.07) is 2.14. The number of hydrogen-bond acceptors (Lipinski definition) is 6. The average Bonchev–Trinajstić information content (AvgIpc) is 2.26. The van der Waals surface area contributed by atoms with Crippen LogP contribution < -0.4 is 5.43 Å². The Hall–Kier alpha value is -2.48. The predicted molar refractivity (Wildman–Crippen MR) is 67.2 cm³/mol. The van der Waals surface area contributed by atoms with Crippen LogP contribution in [0.25, 0.3) is 6.08 Å². The van der Waals surface area contributed by atoms with Crippen molar-refractivity contribution in [1.82, 2.24) is 5.01 Å². The highest BCUT2D eigenvalue weighted by Gasteiger charge is 2.22. The molecule has 0 aromatic heterocycles. The molecule has 1 aromatic rings. The monoisotopic (exact) mass is 252 g/mol. The van der Waals surface area contributed by atoms with Crippen LogP contribution in [0.1, 0.15) is 5.56 Å². The van der Waals surface area contributed by atoms with Crippen LogP contribution in [0.5, 0.6) is 0 Å². The Labute approximate surface area is 103 Å². The minimum absolute atomic E-state index is 0.208. The molecular formula is C10H12N4O4. The standard InChI is InChI=1S/C10H12N4O4/c1-4-8-9(11-12(2)3)5-7(13(15)16)6-10(8)14(17)18/h4-6,11H,1H2,2-3H3. The molecule has 96 valence electrons. The van der Waals surface area contributed by atoms with E-state index in [4.69, 9.17) is 0 Å². The Bertz CT molecular complexity index is 513. The summed E-state index contributed by atoms with van der Waals surface area (Å²) in [5.41, 5.74) is 2.53. The molecule has 1 N–H and O–H groups in total. The quantitative estimate of drug-likeness (QED) is 0.635. The van der Waals surface area contributed by atoms with Gasteiger partial charge >= 0.3 is 0 Å². The van der Waals surface area contributed by atoms with Crippen LogP contribution in [0.4, 0.5) is 17.1 Å². The summed E-state index contributed by atoms with van der Waals surface area (Å²) in [5.74, 6) is 0. The SMILES string of the molecule is C=Cc1c(NN(C)C)cc([N+](=O)[O-])cc1[N+](=O)[O-]. The summed E-state index contributed by atoms with van der Waals surface area (Å²) in [6.45, 7) is 3.48. The summed E-state index contributed by atoms with van der Waals surface area (Å²) in [5, 5.41) is 23.1. The molecule has 0 bridgehead atoms. The number of nitrogens with zero attached hydrogens (tertiary/aromatic N) is 3. The van der Waals surface area contributed by atoms with Gasteiger partial charge in [0.05, 0.1) is 27.2 Å². The Morgan fingerprint density at radius 1 is 1.28 bits per heavy atom. The number of anilines is 1. The number of rotatable bonds is 5. The van der Waals surface area contributed by atoms with Crippen LogP contribution in [0.3, 0.4) is 0 Å². The maximum absolute atomic E-state index is 10.9. The van der Waals surface area contributed by atoms with E-state index < -0.39 is 9.85 Å². The highest BCUT2D eigenvalue weighted by atomic mass is 16.6. The molecule has 0 fully saturated rings. The fourth-order valence-corrected chi connectivity index (χ4v) is 1.43. The number of nitro benzene ring substituents is 2. The maximum atomic E-state index is 10.9. The first-order valence-corrected chi connectivity index (χ1v) is 4.90. The second-order valence-electron chi connectivity index (χ2n) is 3.65. The van der Waals surface area contributed by atoms with E-state index in [0.717, 1.165) is 6.07 Å². The first-order chi connectivity index (χ1) is 8.36. The molecule has 0 unspecified atom stereocenters. The zero-order chi connectivity index (χ0) is 13.9. The van der Waals surface area contributed by atoms with Crippen molar-refractivity contribution in [2.45, 2.75) is 0 Å². The van der Waals surface area contributed by atoms with Gasteiger partial charge in [0.1, 0.15) is 0 Å². The average molecular weight is 252 g/mol. The molecule has 1 rings (SSSR count). The summed E-state index contributed by atoms with van der Waals surface area (Å²) in [7, 11) is 3.33. The highest BCUT2D eigenvalue weighted by molar-refractivity contribution is 5.76. The van der Waals surface area contributed by atoms with Crippen LogP contribution in [-0.4, -0.2) is 29.0 Å². The van der Waals surface area contributed by atoms with Crippen molar-refractivity contribution in [2.75, 3.05) is 19.5 Å². The lowest BCUT2D eigenvalue weighted by Crippen LogP contribution is -2.20. The first-order valence-electron chi connectivity index (χ1n) is 4.90. The largest absolute Gasteiger partial charge is 0.318 e. The number of nitrogens with one attached hydrogen (secondary N) is 1. The Kier molecular flexibility index (Phi) is 3.95. The van der Waals surface area contributed by atoms with Gasteiger partial charge < -0.3 is 5.43 Å². The van der Waals surface area contributed by atoms with E-state index >= 15 is 0 Å². The van der Waals surface area contributed by atoms with Gasteiger partial charge in [0, 0.05) is 20.2 Å². The molecule has 0 heterocycles. The first kappa shape index (κ1) is 13.6. The van der Waals surface area contributed by atoms with Crippen molar-refractivity contribution in [1.29, 1.82) is 0 Å². The fourth-order valence-electron chi connectivity index (χ4n) is 1.43. The lowest BCUT2D eigenvalue weighted by Gasteiger charge is -2.15. The van der Waals surface area contributed by atoms with Crippen LogP contribution in [0, 0.1) is 20.2 Å². The topological polar surface area (TPSA) is 102 Å². The molecule has 0 aliphatic heterocycles. The molecule has 0 spiro atoms. The van der Waals surface area contributed by atoms with Crippen molar-refractivity contribution in [3.05, 3.63) is 44.5 Å². The molecule has 0 radical (unpaired) electrons. The second kappa shape index (κ2) is 5.23. The summed E-state index contributed by atoms with van der Waals surface area (Å²) >= 11 is 0. The van der Waals surface area contributed by atoms with Crippen molar-refractivity contribution in [3.63, 3.8) is 0 Å². The number of non-ortho nitro benzene ring substituents is 1. The summed E-state index contributed by atoms with van der Waals surface area (Å²) < 4.78 is 0. The van der Waals surface area contributed by atoms with Gasteiger partial charge in [-0.2, -0.15) is 0 Å². The van der Waals surface area contributed by atoms with Crippen molar-refractivity contribution < 1.29 is 9.85 Å². The fraction of sp³-hybridized carbons (Fsp3) is 0.200. The van der Waals surface area contributed by atoms with Crippen LogP contribution in [0.2, 0.25) is 0 Å². The Morgan fingerprint density at radius 2 is 1.89 bits per heavy atom. The second-order valence-corrected chi connectivity index (χ2v) is 3.65. The van der Waals surface area contributed by atoms with Crippen LogP contribution in [-0.2, 0) is 0 Å². The van der Waals surface area contributed by atoms with Crippen molar-refractivity contribution in [3.8, 4) is 0 Å². The van der Waals surface area contributed by atoms with E-state index in [1.807, 2.05) is 0 Å². The Balaban J connectivity index is 3.50. The number of hydrogen-bond donors (Lipinski definition) is 1. The molecule has 0 saturated carbocycles. The molecular weight excluding hydrogens is 240 g/mol. The van der Waals surface area contributed by atoms with Gasteiger partial charge in [-0.1, -0.05) is 12.7 Å². The summed E-state index contributed by atoms with van der Waals surface area (Å²) in [6.07, 6.45) is 1.29. The molecule has 8 nitrogen and oxygen atoms in total. The third kappa shape index (κ3) is 2.80. The van der Waals surface area contributed by atoms with Crippen LogP contribution >= 0.6 is 0 Å². The highest BCUT2D eigenvalue weighted by Crippen LogP contribution is 2.33. The minimum Gasteiger partial charge on any atom is -0.318 e. The predicted octanol–water partition coefficient (Wildman–Crippen LogP) is 2.03. The van der Waals surface area contributed by atoms with Gasteiger partial charge in [0.25, 0.3) is 11.4 Å². The van der Waals surface area contributed by atoms with Crippen molar-refractivity contribution >= 4 is 23.1 Å². The van der Waals surface area contributed by atoms with Gasteiger partial charge in [-0.25, -0.2) is 5.01 Å². The van der Waals surface area contributed by atoms with E-state index in [-0.39, 0.29) is 22.6 Å². The normalized spacial score (nSPS) is 10.2.